The van der Waals surface area contributed by atoms with Crippen LogP contribution in [0.3, 0.4) is 0 Å². The highest BCUT2D eigenvalue weighted by Crippen LogP contribution is 2.11. The molecule has 1 fully saturated rings. The Bertz CT molecular complexity index is 539. The molecule has 1 atom stereocenters. The molecule has 23 heavy (non-hydrogen) atoms. The molecule has 5 nitrogen and oxygen atoms in total. The van der Waals surface area contributed by atoms with Gasteiger partial charge in [0, 0.05) is 31.7 Å². The predicted molar refractivity (Wildman–Crippen MR) is 94.6 cm³/mol. The van der Waals surface area contributed by atoms with Gasteiger partial charge in [0.25, 0.3) is 5.91 Å². The molecule has 2 amide bonds. The highest BCUT2D eigenvalue weighted by Gasteiger charge is 2.27. The van der Waals surface area contributed by atoms with Gasteiger partial charge < -0.3 is 15.5 Å². The Kier molecular flexibility index (Phi) is 6.47. The smallest absolute Gasteiger partial charge is 0.253 e. The maximum atomic E-state index is 12.5. The summed E-state index contributed by atoms with van der Waals surface area (Å²) in [6.45, 7) is 4.24. The first-order valence-electron chi connectivity index (χ1n) is 7.92. The fourth-order valence-electron chi connectivity index (χ4n) is 2.61. The Morgan fingerprint density at radius 3 is 2.26 bits per heavy atom. The van der Waals surface area contributed by atoms with Crippen molar-refractivity contribution in [3.05, 3.63) is 35.4 Å². The van der Waals surface area contributed by atoms with Gasteiger partial charge in [-0.3, -0.25) is 9.59 Å². The number of nitrogens with zero attached hydrogens (tertiary/aromatic N) is 2. The topological polar surface area (TPSA) is 66.6 Å². The molecule has 126 valence electrons. The fraction of sp³-hybridized carbons (Fsp3) is 0.529. The van der Waals surface area contributed by atoms with Crippen LogP contribution in [0.5, 0.6) is 0 Å². The molecule has 0 radical (unpaired) electrons. The summed E-state index contributed by atoms with van der Waals surface area (Å²) in [4.78, 5) is 28.3. The van der Waals surface area contributed by atoms with E-state index in [0.29, 0.717) is 38.2 Å². The molecule has 0 unspecified atom stereocenters. The number of hydrogen-bond acceptors (Lipinski definition) is 4. The Balaban J connectivity index is 1.87. The third-order valence-electron chi connectivity index (χ3n) is 4.13. The normalized spacial score (nSPS) is 16.3. The number of hydrogen-bond donors (Lipinski definition) is 1. The number of thioether (sulfide) groups is 1. The van der Waals surface area contributed by atoms with Crippen molar-refractivity contribution in [3.8, 4) is 0 Å². The first-order chi connectivity index (χ1) is 11.0. The molecule has 1 saturated heterocycles. The largest absolute Gasteiger partial charge is 0.338 e. The predicted octanol–water partition coefficient (Wildman–Crippen LogP) is 1.36. The van der Waals surface area contributed by atoms with Crippen molar-refractivity contribution < 1.29 is 9.59 Å². The summed E-state index contributed by atoms with van der Waals surface area (Å²) in [6, 6.07) is 7.16. The fourth-order valence-corrected chi connectivity index (χ4v) is 3.10. The van der Waals surface area contributed by atoms with Gasteiger partial charge in [-0.05, 0) is 37.5 Å². The van der Waals surface area contributed by atoms with Gasteiger partial charge in [0.15, 0.2) is 0 Å². The van der Waals surface area contributed by atoms with E-state index in [-0.39, 0.29) is 11.8 Å². The summed E-state index contributed by atoms with van der Waals surface area (Å²) in [5.74, 6) is 0.920. The highest BCUT2D eigenvalue weighted by molar-refractivity contribution is 7.98. The van der Waals surface area contributed by atoms with Crippen molar-refractivity contribution in [3.63, 3.8) is 0 Å². The average molecular weight is 335 g/mol. The van der Waals surface area contributed by atoms with E-state index in [0.717, 1.165) is 11.3 Å². The summed E-state index contributed by atoms with van der Waals surface area (Å²) in [5, 5.41) is 0. The standard InChI is InChI=1S/C17H25N3O2S/c1-13-3-5-14(6-4-13)16(21)19-8-10-20(11-9-19)17(22)15(18)7-12-23-2/h3-6,15H,7-12,18H2,1-2H3/t15-/m0/s1. The van der Waals surface area contributed by atoms with E-state index in [4.69, 9.17) is 5.73 Å². The maximum absolute atomic E-state index is 12.5. The van der Waals surface area contributed by atoms with Crippen LogP contribution in [0.1, 0.15) is 22.3 Å². The van der Waals surface area contributed by atoms with Crippen LogP contribution in [0, 0.1) is 6.92 Å². The number of benzene rings is 1. The molecule has 0 spiro atoms. The highest BCUT2D eigenvalue weighted by atomic mass is 32.2. The molecule has 1 aliphatic heterocycles. The van der Waals surface area contributed by atoms with Gasteiger partial charge in [-0.1, -0.05) is 17.7 Å². The van der Waals surface area contributed by atoms with Crippen LogP contribution in [0.4, 0.5) is 0 Å². The lowest BCUT2D eigenvalue weighted by Crippen LogP contribution is -2.54. The summed E-state index contributed by atoms with van der Waals surface area (Å²) in [5.41, 5.74) is 7.79. The van der Waals surface area contributed by atoms with E-state index >= 15 is 0 Å². The van der Waals surface area contributed by atoms with Gasteiger partial charge >= 0.3 is 0 Å². The average Bonchev–Trinajstić information content (AvgIpc) is 2.59. The molecule has 6 heteroatoms. The summed E-state index contributed by atoms with van der Waals surface area (Å²) >= 11 is 1.69. The van der Waals surface area contributed by atoms with Crippen LogP contribution in [0.25, 0.3) is 0 Å². The van der Waals surface area contributed by atoms with Gasteiger partial charge in [-0.15, -0.1) is 0 Å². The lowest BCUT2D eigenvalue weighted by atomic mass is 10.1. The van der Waals surface area contributed by atoms with Crippen LogP contribution in [0.15, 0.2) is 24.3 Å². The number of amides is 2. The Morgan fingerprint density at radius 1 is 1.13 bits per heavy atom. The molecule has 0 bridgehead atoms. The molecule has 0 aliphatic carbocycles. The van der Waals surface area contributed by atoms with E-state index in [1.807, 2.05) is 42.3 Å². The second kappa shape index (κ2) is 8.36. The number of piperazine rings is 1. The molecule has 1 heterocycles. The number of nitrogens with two attached hydrogens (primary N) is 1. The molecule has 2 N–H and O–H groups in total. The number of aryl methyl sites for hydroxylation is 1. The third kappa shape index (κ3) is 4.72. The molecular formula is C17H25N3O2S. The van der Waals surface area contributed by atoms with E-state index in [9.17, 15) is 9.59 Å². The summed E-state index contributed by atoms with van der Waals surface area (Å²) in [7, 11) is 0. The number of carbonyl (C=O) groups excluding carboxylic acids is 2. The third-order valence-corrected chi connectivity index (χ3v) is 4.77. The first-order valence-corrected chi connectivity index (χ1v) is 9.31. The second-order valence-corrected chi connectivity index (χ2v) is 6.86. The van der Waals surface area contributed by atoms with Crippen molar-refractivity contribution in [2.75, 3.05) is 38.2 Å². The minimum atomic E-state index is -0.429. The van der Waals surface area contributed by atoms with Crippen molar-refractivity contribution in [2.24, 2.45) is 5.73 Å². The quantitative estimate of drug-likeness (QED) is 0.882. The lowest BCUT2D eigenvalue weighted by Gasteiger charge is -2.36. The maximum Gasteiger partial charge on any atom is 0.253 e. The monoisotopic (exact) mass is 335 g/mol. The van der Waals surface area contributed by atoms with Gasteiger partial charge in [-0.2, -0.15) is 11.8 Å². The lowest BCUT2D eigenvalue weighted by molar-refractivity contribution is -0.134. The van der Waals surface area contributed by atoms with E-state index in [1.54, 1.807) is 16.7 Å². The van der Waals surface area contributed by atoms with E-state index in [1.165, 1.54) is 0 Å². The SMILES string of the molecule is CSCC[C@H](N)C(=O)N1CCN(C(=O)c2ccc(C)cc2)CC1. The molecule has 2 rings (SSSR count). The Morgan fingerprint density at radius 2 is 1.70 bits per heavy atom. The number of carbonyl (C=O) groups is 2. The second-order valence-electron chi connectivity index (χ2n) is 5.87. The van der Waals surface area contributed by atoms with E-state index in [2.05, 4.69) is 0 Å². The Labute approximate surface area is 142 Å². The van der Waals surface area contributed by atoms with E-state index < -0.39 is 6.04 Å². The zero-order chi connectivity index (χ0) is 16.8. The van der Waals surface area contributed by atoms with Crippen LogP contribution in [-0.4, -0.2) is 65.8 Å². The van der Waals surface area contributed by atoms with Crippen LogP contribution in [0.2, 0.25) is 0 Å². The molecular weight excluding hydrogens is 310 g/mol. The molecule has 1 aromatic carbocycles. The Hall–Kier alpha value is -1.53. The van der Waals surface area contributed by atoms with Crippen LogP contribution >= 0.6 is 11.8 Å². The van der Waals surface area contributed by atoms with Gasteiger partial charge in [-0.25, -0.2) is 0 Å². The van der Waals surface area contributed by atoms with Crippen molar-refractivity contribution in [1.82, 2.24) is 9.80 Å². The van der Waals surface area contributed by atoms with Gasteiger partial charge in [0.2, 0.25) is 5.91 Å². The van der Waals surface area contributed by atoms with Crippen molar-refractivity contribution in [1.29, 1.82) is 0 Å². The van der Waals surface area contributed by atoms with Gasteiger partial charge in [0.1, 0.15) is 0 Å². The first kappa shape index (κ1) is 17.8. The zero-order valence-corrected chi connectivity index (χ0v) is 14.6. The van der Waals surface area contributed by atoms with Crippen LogP contribution < -0.4 is 5.73 Å². The van der Waals surface area contributed by atoms with Crippen molar-refractivity contribution >= 4 is 23.6 Å². The molecule has 1 aliphatic rings. The minimum absolute atomic E-state index is 0.00137. The number of rotatable bonds is 5. The van der Waals surface area contributed by atoms with Gasteiger partial charge in [0.05, 0.1) is 6.04 Å². The minimum Gasteiger partial charge on any atom is -0.338 e. The molecule has 1 aromatic rings. The molecule has 0 saturated carbocycles. The molecule has 0 aromatic heterocycles. The van der Waals surface area contributed by atoms with Crippen LogP contribution in [-0.2, 0) is 4.79 Å². The summed E-state index contributed by atoms with van der Waals surface area (Å²) in [6.07, 6.45) is 2.70. The summed E-state index contributed by atoms with van der Waals surface area (Å²) < 4.78 is 0. The zero-order valence-electron chi connectivity index (χ0n) is 13.8. The van der Waals surface area contributed by atoms with Crippen molar-refractivity contribution in [2.45, 2.75) is 19.4 Å².